The van der Waals surface area contributed by atoms with Crippen LogP contribution in [-0.4, -0.2) is 32.0 Å². The SMILES string of the molecule is CON(C)S(=O)(=O)c1ccc(C)nc1. The maximum atomic E-state index is 11.6. The average Bonchev–Trinajstić information content (AvgIpc) is 2.17. The molecular weight excluding hydrogens is 204 g/mol. The van der Waals surface area contributed by atoms with Gasteiger partial charge in [0, 0.05) is 18.9 Å². The van der Waals surface area contributed by atoms with E-state index >= 15 is 0 Å². The zero-order valence-corrected chi connectivity index (χ0v) is 9.08. The third-order valence-electron chi connectivity index (χ3n) is 1.78. The highest BCUT2D eigenvalue weighted by molar-refractivity contribution is 7.89. The molecule has 0 atom stereocenters. The third kappa shape index (κ3) is 2.09. The van der Waals surface area contributed by atoms with Crippen LogP contribution in [0.2, 0.25) is 0 Å². The molecule has 1 heterocycles. The molecule has 14 heavy (non-hydrogen) atoms. The Bertz CT molecular complexity index is 399. The van der Waals surface area contributed by atoms with E-state index in [4.69, 9.17) is 0 Å². The number of hydrogen-bond acceptors (Lipinski definition) is 4. The van der Waals surface area contributed by atoms with Gasteiger partial charge in [0.15, 0.2) is 0 Å². The second-order valence-electron chi connectivity index (χ2n) is 2.73. The quantitative estimate of drug-likeness (QED) is 0.693. The first kappa shape index (κ1) is 11.1. The molecule has 0 radical (unpaired) electrons. The van der Waals surface area contributed by atoms with Crippen LogP contribution in [0.4, 0.5) is 0 Å². The van der Waals surface area contributed by atoms with Crippen molar-refractivity contribution < 1.29 is 13.3 Å². The molecule has 0 saturated heterocycles. The molecule has 1 rings (SSSR count). The molecular formula is C8H12N2O3S. The molecule has 0 unspecified atom stereocenters. The van der Waals surface area contributed by atoms with E-state index < -0.39 is 10.0 Å². The molecule has 0 saturated carbocycles. The van der Waals surface area contributed by atoms with Crippen LogP contribution < -0.4 is 0 Å². The summed E-state index contributed by atoms with van der Waals surface area (Å²) < 4.78 is 24.1. The lowest BCUT2D eigenvalue weighted by molar-refractivity contribution is -0.0258. The van der Waals surface area contributed by atoms with Gasteiger partial charge < -0.3 is 0 Å². The van der Waals surface area contributed by atoms with E-state index in [1.165, 1.54) is 26.4 Å². The van der Waals surface area contributed by atoms with Gasteiger partial charge in [-0.2, -0.15) is 0 Å². The van der Waals surface area contributed by atoms with Gasteiger partial charge in [-0.25, -0.2) is 8.42 Å². The Hall–Kier alpha value is -0.980. The van der Waals surface area contributed by atoms with Crippen molar-refractivity contribution in [2.45, 2.75) is 11.8 Å². The van der Waals surface area contributed by atoms with Gasteiger partial charge in [-0.15, -0.1) is 0 Å². The van der Waals surface area contributed by atoms with Gasteiger partial charge in [-0.3, -0.25) is 9.82 Å². The highest BCUT2D eigenvalue weighted by Crippen LogP contribution is 2.12. The summed E-state index contributed by atoms with van der Waals surface area (Å²) in [6.07, 6.45) is 1.31. The predicted octanol–water partition coefficient (Wildman–Crippen LogP) is 0.572. The Balaban J connectivity index is 3.11. The topological polar surface area (TPSA) is 59.5 Å². The fourth-order valence-corrected chi connectivity index (χ4v) is 1.77. The van der Waals surface area contributed by atoms with Crippen molar-refractivity contribution in [2.75, 3.05) is 14.2 Å². The Morgan fingerprint density at radius 2 is 2.07 bits per heavy atom. The average molecular weight is 216 g/mol. The summed E-state index contributed by atoms with van der Waals surface area (Å²) in [5.74, 6) is 0. The van der Waals surface area contributed by atoms with E-state index in [9.17, 15) is 8.42 Å². The van der Waals surface area contributed by atoms with E-state index in [1.54, 1.807) is 13.0 Å². The van der Waals surface area contributed by atoms with Crippen LogP contribution in [-0.2, 0) is 14.9 Å². The van der Waals surface area contributed by atoms with Gasteiger partial charge in [0.1, 0.15) is 4.90 Å². The van der Waals surface area contributed by atoms with E-state index in [0.29, 0.717) is 0 Å². The summed E-state index contributed by atoms with van der Waals surface area (Å²) in [5, 5.41) is 0. The molecule has 0 aliphatic rings. The highest BCUT2D eigenvalue weighted by Gasteiger charge is 2.20. The molecule has 0 aromatic carbocycles. The van der Waals surface area contributed by atoms with Crippen molar-refractivity contribution in [1.82, 2.24) is 9.45 Å². The van der Waals surface area contributed by atoms with E-state index in [-0.39, 0.29) is 4.90 Å². The molecule has 0 aliphatic carbocycles. The number of nitrogens with zero attached hydrogens (tertiary/aromatic N) is 2. The minimum atomic E-state index is -3.56. The number of rotatable bonds is 3. The Morgan fingerprint density at radius 1 is 1.43 bits per heavy atom. The van der Waals surface area contributed by atoms with Crippen molar-refractivity contribution in [1.29, 1.82) is 0 Å². The molecule has 0 bridgehead atoms. The number of aryl methyl sites for hydroxylation is 1. The van der Waals surface area contributed by atoms with Gasteiger partial charge in [-0.05, 0) is 19.1 Å². The van der Waals surface area contributed by atoms with Crippen LogP contribution in [0.25, 0.3) is 0 Å². The third-order valence-corrected chi connectivity index (χ3v) is 3.44. The van der Waals surface area contributed by atoms with Crippen LogP contribution >= 0.6 is 0 Å². The summed E-state index contributed by atoms with van der Waals surface area (Å²) in [4.78, 5) is 8.64. The summed E-state index contributed by atoms with van der Waals surface area (Å²) in [6.45, 7) is 1.79. The lowest BCUT2D eigenvalue weighted by Crippen LogP contribution is -2.25. The summed E-state index contributed by atoms with van der Waals surface area (Å²) in [7, 11) is -0.938. The van der Waals surface area contributed by atoms with E-state index in [2.05, 4.69) is 9.82 Å². The lowest BCUT2D eigenvalue weighted by atomic mass is 10.4. The Labute approximate surface area is 83.3 Å². The van der Waals surface area contributed by atoms with Gasteiger partial charge in [-0.1, -0.05) is 4.47 Å². The highest BCUT2D eigenvalue weighted by atomic mass is 32.2. The van der Waals surface area contributed by atoms with Gasteiger partial charge in [0.25, 0.3) is 10.0 Å². The minimum Gasteiger partial charge on any atom is -0.288 e. The summed E-state index contributed by atoms with van der Waals surface area (Å²) in [5.41, 5.74) is 0.768. The maximum absolute atomic E-state index is 11.6. The smallest absolute Gasteiger partial charge is 0.266 e. The predicted molar refractivity (Wildman–Crippen MR) is 50.9 cm³/mol. The molecule has 6 heteroatoms. The van der Waals surface area contributed by atoms with E-state index in [0.717, 1.165) is 10.2 Å². The van der Waals surface area contributed by atoms with Crippen LogP contribution in [0.5, 0.6) is 0 Å². The van der Waals surface area contributed by atoms with E-state index in [1.807, 2.05) is 0 Å². The minimum absolute atomic E-state index is 0.118. The van der Waals surface area contributed by atoms with Crippen molar-refractivity contribution in [3.63, 3.8) is 0 Å². The molecule has 0 spiro atoms. The normalized spacial score (nSPS) is 12.0. The van der Waals surface area contributed by atoms with Gasteiger partial charge in [0.05, 0.1) is 7.11 Å². The first-order valence-corrected chi connectivity index (χ1v) is 5.38. The fraction of sp³-hybridized carbons (Fsp3) is 0.375. The molecule has 1 aromatic heterocycles. The zero-order valence-electron chi connectivity index (χ0n) is 8.26. The van der Waals surface area contributed by atoms with Gasteiger partial charge >= 0.3 is 0 Å². The number of pyridine rings is 1. The van der Waals surface area contributed by atoms with Crippen molar-refractivity contribution >= 4 is 10.0 Å². The number of hydroxylamine groups is 1. The summed E-state index contributed by atoms with van der Waals surface area (Å²) in [6, 6.07) is 3.13. The van der Waals surface area contributed by atoms with Crippen molar-refractivity contribution in [3.8, 4) is 0 Å². The van der Waals surface area contributed by atoms with Crippen LogP contribution in [0.3, 0.4) is 0 Å². The molecule has 0 amide bonds. The molecule has 0 N–H and O–H groups in total. The molecule has 0 fully saturated rings. The second-order valence-corrected chi connectivity index (χ2v) is 4.67. The van der Waals surface area contributed by atoms with Crippen LogP contribution in [0, 0.1) is 6.92 Å². The standard InChI is InChI=1S/C8H12N2O3S/c1-7-4-5-8(6-9-7)14(11,12)10(2)13-3/h4-6H,1-3H3. The largest absolute Gasteiger partial charge is 0.288 e. The molecule has 1 aromatic rings. The van der Waals surface area contributed by atoms with Crippen LogP contribution in [0.1, 0.15) is 5.69 Å². The molecule has 78 valence electrons. The number of hydrogen-bond donors (Lipinski definition) is 0. The zero-order chi connectivity index (χ0) is 10.8. The number of sulfonamides is 1. The lowest BCUT2D eigenvalue weighted by Gasteiger charge is -2.13. The Morgan fingerprint density at radius 3 is 2.50 bits per heavy atom. The van der Waals surface area contributed by atoms with Crippen molar-refractivity contribution in [3.05, 3.63) is 24.0 Å². The molecule has 5 nitrogen and oxygen atoms in total. The maximum Gasteiger partial charge on any atom is 0.266 e. The first-order valence-electron chi connectivity index (χ1n) is 3.94. The second kappa shape index (κ2) is 4.04. The molecule has 0 aliphatic heterocycles. The first-order chi connectivity index (χ1) is 6.48. The Kier molecular flexibility index (Phi) is 3.20. The monoisotopic (exact) mass is 216 g/mol. The number of aromatic nitrogens is 1. The fourth-order valence-electron chi connectivity index (χ4n) is 0.853. The van der Waals surface area contributed by atoms with Crippen molar-refractivity contribution in [2.24, 2.45) is 0 Å². The summed E-state index contributed by atoms with van der Waals surface area (Å²) >= 11 is 0. The van der Waals surface area contributed by atoms with Crippen LogP contribution in [0.15, 0.2) is 23.2 Å². The van der Waals surface area contributed by atoms with Gasteiger partial charge in [0.2, 0.25) is 0 Å².